The van der Waals surface area contributed by atoms with Crippen molar-refractivity contribution in [1.82, 2.24) is 4.98 Å². The van der Waals surface area contributed by atoms with Gasteiger partial charge in [-0.05, 0) is 29.8 Å². The first-order valence-corrected chi connectivity index (χ1v) is 5.80. The summed E-state index contributed by atoms with van der Waals surface area (Å²) in [6, 6.07) is 8.43. The van der Waals surface area contributed by atoms with E-state index in [1.165, 1.54) is 6.07 Å². The lowest BCUT2D eigenvalue weighted by molar-refractivity contribution is -0.137. The number of pyridine rings is 1. The van der Waals surface area contributed by atoms with Crippen molar-refractivity contribution in [3.8, 4) is 0 Å². The molecule has 1 heterocycles. The van der Waals surface area contributed by atoms with Crippen molar-refractivity contribution in [3.05, 3.63) is 64.4 Å². The molecule has 2 nitrogen and oxygen atoms in total. The van der Waals surface area contributed by atoms with Crippen molar-refractivity contribution in [3.63, 3.8) is 0 Å². The van der Waals surface area contributed by atoms with E-state index in [1.807, 2.05) is 0 Å². The summed E-state index contributed by atoms with van der Waals surface area (Å²) < 4.78 is 37.2. The fraction of sp³-hybridized carbons (Fsp3) is 0.154. The Kier molecular flexibility index (Phi) is 3.78. The second-order valence-corrected chi connectivity index (χ2v) is 4.44. The summed E-state index contributed by atoms with van der Waals surface area (Å²) in [6.45, 7) is 0. The fourth-order valence-electron chi connectivity index (χ4n) is 1.60. The molecule has 0 aliphatic heterocycles. The van der Waals surface area contributed by atoms with Gasteiger partial charge in [0.05, 0.1) is 17.3 Å². The Morgan fingerprint density at radius 1 is 1.05 bits per heavy atom. The number of nitrogens with zero attached hydrogens (tertiary/aromatic N) is 1. The Morgan fingerprint density at radius 2 is 1.68 bits per heavy atom. The second kappa shape index (κ2) is 5.19. The molecule has 1 aromatic carbocycles. The van der Waals surface area contributed by atoms with Gasteiger partial charge in [-0.1, -0.05) is 23.7 Å². The summed E-state index contributed by atoms with van der Waals surface area (Å²) in [4.78, 5) is 3.77. The molecule has 6 heteroatoms. The number of rotatable bonds is 2. The standard InChI is InChI=1S/C13H10ClF3N2/c14-10-4-1-8(2-5-10)12(18)11-6-3-9(7-19-11)13(15,16)17/h1-7,12H,18H2. The Morgan fingerprint density at radius 3 is 2.16 bits per heavy atom. The highest BCUT2D eigenvalue weighted by Crippen LogP contribution is 2.29. The zero-order valence-corrected chi connectivity index (χ0v) is 10.4. The fourth-order valence-corrected chi connectivity index (χ4v) is 1.72. The summed E-state index contributed by atoms with van der Waals surface area (Å²) in [5.74, 6) is 0. The Labute approximate surface area is 113 Å². The number of aromatic nitrogens is 1. The van der Waals surface area contributed by atoms with E-state index in [9.17, 15) is 13.2 Å². The van der Waals surface area contributed by atoms with E-state index >= 15 is 0 Å². The van der Waals surface area contributed by atoms with E-state index in [1.54, 1.807) is 24.3 Å². The lowest BCUT2D eigenvalue weighted by Crippen LogP contribution is -2.14. The van der Waals surface area contributed by atoms with Gasteiger partial charge >= 0.3 is 6.18 Å². The smallest absolute Gasteiger partial charge is 0.319 e. The van der Waals surface area contributed by atoms with Gasteiger partial charge in [-0.15, -0.1) is 0 Å². The quantitative estimate of drug-likeness (QED) is 0.912. The first-order chi connectivity index (χ1) is 8.88. The summed E-state index contributed by atoms with van der Waals surface area (Å²) in [7, 11) is 0. The first-order valence-electron chi connectivity index (χ1n) is 5.42. The minimum absolute atomic E-state index is 0.371. The first kappa shape index (κ1) is 13.8. The van der Waals surface area contributed by atoms with Crippen molar-refractivity contribution >= 4 is 11.6 Å². The summed E-state index contributed by atoms with van der Waals surface area (Å²) in [6.07, 6.45) is -3.61. The van der Waals surface area contributed by atoms with Gasteiger partial charge in [-0.25, -0.2) is 0 Å². The monoisotopic (exact) mass is 286 g/mol. The zero-order chi connectivity index (χ0) is 14.0. The van der Waals surface area contributed by atoms with Gasteiger partial charge in [-0.3, -0.25) is 4.98 Å². The molecule has 0 radical (unpaired) electrons. The van der Waals surface area contributed by atoms with Crippen LogP contribution in [0.5, 0.6) is 0 Å². The van der Waals surface area contributed by atoms with Crippen LogP contribution in [0.1, 0.15) is 22.9 Å². The zero-order valence-electron chi connectivity index (χ0n) is 9.66. The number of benzene rings is 1. The van der Waals surface area contributed by atoms with Gasteiger partial charge in [0.2, 0.25) is 0 Å². The van der Waals surface area contributed by atoms with E-state index in [4.69, 9.17) is 17.3 Å². The lowest BCUT2D eigenvalue weighted by atomic mass is 10.0. The van der Waals surface area contributed by atoms with Crippen molar-refractivity contribution < 1.29 is 13.2 Å². The van der Waals surface area contributed by atoms with Gasteiger partial charge in [0.15, 0.2) is 0 Å². The van der Waals surface area contributed by atoms with Crippen LogP contribution in [0, 0.1) is 0 Å². The Hall–Kier alpha value is -1.59. The third kappa shape index (κ3) is 3.24. The largest absolute Gasteiger partial charge is 0.417 e. The molecule has 0 fully saturated rings. The van der Waals surface area contributed by atoms with Crippen LogP contribution in [0.2, 0.25) is 5.02 Å². The van der Waals surface area contributed by atoms with Crippen LogP contribution in [0.25, 0.3) is 0 Å². The summed E-state index contributed by atoms with van der Waals surface area (Å²) in [5.41, 5.74) is 6.25. The average Bonchev–Trinajstić information content (AvgIpc) is 2.38. The molecular weight excluding hydrogens is 277 g/mol. The summed E-state index contributed by atoms with van der Waals surface area (Å²) in [5, 5.41) is 0.566. The highest BCUT2D eigenvalue weighted by molar-refractivity contribution is 6.30. The maximum atomic E-state index is 12.4. The van der Waals surface area contributed by atoms with Crippen LogP contribution in [-0.4, -0.2) is 4.98 Å². The highest BCUT2D eigenvalue weighted by Gasteiger charge is 2.30. The molecule has 19 heavy (non-hydrogen) atoms. The average molecular weight is 287 g/mol. The van der Waals surface area contributed by atoms with Crippen molar-refractivity contribution in [2.24, 2.45) is 5.73 Å². The predicted octanol–water partition coefficient (Wildman–Crippen LogP) is 3.80. The topological polar surface area (TPSA) is 38.9 Å². The van der Waals surface area contributed by atoms with Crippen LogP contribution in [-0.2, 0) is 6.18 Å². The van der Waals surface area contributed by atoms with Crippen molar-refractivity contribution in [2.45, 2.75) is 12.2 Å². The molecule has 1 aromatic heterocycles. The van der Waals surface area contributed by atoms with E-state index in [2.05, 4.69) is 4.98 Å². The van der Waals surface area contributed by atoms with Crippen molar-refractivity contribution in [2.75, 3.05) is 0 Å². The van der Waals surface area contributed by atoms with Gasteiger partial charge in [0.1, 0.15) is 0 Å². The predicted molar refractivity (Wildman–Crippen MR) is 66.7 cm³/mol. The minimum Gasteiger partial charge on any atom is -0.319 e. The highest BCUT2D eigenvalue weighted by atomic mass is 35.5. The SMILES string of the molecule is NC(c1ccc(Cl)cc1)c1ccc(C(F)(F)F)cn1. The Balaban J connectivity index is 2.25. The molecule has 0 saturated carbocycles. The normalized spacial score (nSPS) is 13.3. The molecule has 0 saturated heterocycles. The second-order valence-electron chi connectivity index (χ2n) is 4.00. The number of nitrogens with two attached hydrogens (primary N) is 1. The molecule has 0 aliphatic rings. The molecule has 0 spiro atoms. The molecule has 2 rings (SSSR count). The maximum Gasteiger partial charge on any atom is 0.417 e. The number of halogens is 4. The van der Waals surface area contributed by atoms with E-state index in [-0.39, 0.29) is 0 Å². The van der Waals surface area contributed by atoms with Gasteiger partial charge in [0, 0.05) is 11.2 Å². The molecular formula is C13H10ClF3N2. The minimum atomic E-state index is -4.39. The van der Waals surface area contributed by atoms with Gasteiger partial charge in [0.25, 0.3) is 0 Å². The molecule has 1 unspecified atom stereocenters. The third-order valence-corrected chi connectivity index (χ3v) is 2.91. The van der Waals surface area contributed by atoms with Crippen LogP contribution in [0.3, 0.4) is 0 Å². The molecule has 2 N–H and O–H groups in total. The van der Waals surface area contributed by atoms with Gasteiger partial charge < -0.3 is 5.73 Å². The maximum absolute atomic E-state index is 12.4. The number of alkyl halides is 3. The van der Waals surface area contributed by atoms with Gasteiger partial charge in [-0.2, -0.15) is 13.2 Å². The molecule has 0 bridgehead atoms. The van der Waals surface area contributed by atoms with Crippen LogP contribution >= 0.6 is 11.6 Å². The molecule has 1 atom stereocenters. The lowest BCUT2D eigenvalue weighted by Gasteiger charge is -2.13. The van der Waals surface area contributed by atoms with Crippen LogP contribution in [0.15, 0.2) is 42.6 Å². The number of hydrogen-bond acceptors (Lipinski definition) is 2. The van der Waals surface area contributed by atoms with E-state index in [0.717, 1.165) is 17.8 Å². The Bertz CT molecular complexity index is 550. The third-order valence-electron chi connectivity index (χ3n) is 2.66. The van der Waals surface area contributed by atoms with E-state index in [0.29, 0.717) is 10.7 Å². The summed E-state index contributed by atoms with van der Waals surface area (Å²) >= 11 is 5.75. The molecule has 0 aliphatic carbocycles. The molecule has 100 valence electrons. The number of hydrogen-bond donors (Lipinski definition) is 1. The van der Waals surface area contributed by atoms with Crippen LogP contribution < -0.4 is 5.73 Å². The van der Waals surface area contributed by atoms with Crippen molar-refractivity contribution in [1.29, 1.82) is 0 Å². The molecule has 2 aromatic rings. The molecule has 0 amide bonds. The van der Waals surface area contributed by atoms with Crippen LogP contribution in [0.4, 0.5) is 13.2 Å². The van der Waals surface area contributed by atoms with E-state index < -0.39 is 17.8 Å².